The van der Waals surface area contributed by atoms with Gasteiger partial charge in [-0.15, -0.1) is 0 Å². The number of sulfonamides is 1. The van der Waals surface area contributed by atoms with Crippen molar-refractivity contribution in [3.63, 3.8) is 0 Å². The fourth-order valence-electron chi connectivity index (χ4n) is 4.35. The molecule has 1 aromatic heterocycles. The molecule has 144 valence electrons. The second-order valence-electron chi connectivity index (χ2n) is 7.73. The summed E-state index contributed by atoms with van der Waals surface area (Å²) < 4.78 is 33.3. The molecule has 1 unspecified atom stereocenters. The standard InChI is InChI=1S/C20H24N2O4S/c1-21-14-20(9-6-19(21)23)8-3-10-22(15-20)27(24,25)18-5-2-4-16(12-18)17-7-11-26-13-17/h2,4-5,7,11-13H,3,6,8-10,14-15H2,1H3. The Kier molecular flexibility index (Phi) is 4.60. The predicted molar refractivity (Wildman–Crippen MR) is 101 cm³/mol. The van der Waals surface area contributed by atoms with Crippen LogP contribution in [0.2, 0.25) is 0 Å². The lowest BCUT2D eigenvalue weighted by Crippen LogP contribution is -2.54. The van der Waals surface area contributed by atoms with Crippen molar-refractivity contribution in [2.24, 2.45) is 5.41 Å². The maximum atomic E-state index is 13.3. The fraction of sp³-hybridized carbons (Fsp3) is 0.450. The number of amides is 1. The summed E-state index contributed by atoms with van der Waals surface area (Å²) in [6.45, 7) is 1.63. The quantitative estimate of drug-likeness (QED) is 0.810. The van der Waals surface area contributed by atoms with Crippen LogP contribution in [0.1, 0.15) is 25.7 Å². The Morgan fingerprint density at radius 1 is 1.11 bits per heavy atom. The minimum absolute atomic E-state index is 0.129. The molecule has 2 aromatic rings. The largest absolute Gasteiger partial charge is 0.472 e. The van der Waals surface area contributed by atoms with E-state index in [0.29, 0.717) is 31.0 Å². The van der Waals surface area contributed by atoms with Crippen LogP contribution in [-0.4, -0.2) is 50.2 Å². The number of furan rings is 1. The topological polar surface area (TPSA) is 70.8 Å². The maximum Gasteiger partial charge on any atom is 0.243 e. The molecule has 0 radical (unpaired) electrons. The summed E-state index contributed by atoms with van der Waals surface area (Å²) in [7, 11) is -1.77. The van der Waals surface area contributed by atoms with Gasteiger partial charge in [0.1, 0.15) is 0 Å². The number of benzene rings is 1. The highest BCUT2D eigenvalue weighted by Crippen LogP contribution is 2.40. The number of carbonyl (C=O) groups is 1. The van der Waals surface area contributed by atoms with Crippen molar-refractivity contribution in [2.75, 3.05) is 26.7 Å². The molecule has 2 aliphatic heterocycles. The van der Waals surface area contributed by atoms with Crippen molar-refractivity contribution < 1.29 is 17.6 Å². The maximum absolute atomic E-state index is 13.3. The first kappa shape index (κ1) is 18.3. The van der Waals surface area contributed by atoms with Crippen molar-refractivity contribution in [3.05, 3.63) is 42.9 Å². The van der Waals surface area contributed by atoms with E-state index >= 15 is 0 Å². The molecule has 2 fully saturated rings. The lowest BCUT2D eigenvalue weighted by Gasteiger charge is -2.46. The molecule has 27 heavy (non-hydrogen) atoms. The minimum atomic E-state index is -3.58. The minimum Gasteiger partial charge on any atom is -0.472 e. The molecule has 0 saturated carbocycles. The molecule has 2 saturated heterocycles. The highest BCUT2D eigenvalue weighted by molar-refractivity contribution is 7.89. The molecule has 1 aromatic carbocycles. The van der Waals surface area contributed by atoms with E-state index in [1.165, 1.54) is 0 Å². The van der Waals surface area contributed by atoms with Crippen molar-refractivity contribution in [1.82, 2.24) is 9.21 Å². The average Bonchev–Trinajstić information content (AvgIpc) is 3.20. The Morgan fingerprint density at radius 2 is 1.96 bits per heavy atom. The predicted octanol–water partition coefficient (Wildman–Crippen LogP) is 2.97. The Balaban J connectivity index is 1.60. The van der Waals surface area contributed by atoms with E-state index in [-0.39, 0.29) is 11.3 Å². The molecule has 6 nitrogen and oxygen atoms in total. The third-order valence-electron chi connectivity index (χ3n) is 5.82. The van der Waals surface area contributed by atoms with Gasteiger partial charge >= 0.3 is 0 Å². The van der Waals surface area contributed by atoms with Gasteiger partial charge in [-0.3, -0.25) is 4.79 Å². The highest BCUT2D eigenvalue weighted by Gasteiger charge is 2.43. The molecule has 0 bridgehead atoms. The summed E-state index contributed by atoms with van der Waals surface area (Å²) in [4.78, 5) is 13.9. The molecular formula is C20H24N2O4S. The number of hydrogen-bond donors (Lipinski definition) is 0. The van der Waals surface area contributed by atoms with E-state index in [1.807, 2.05) is 19.2 Å². The van der Waals surface area contributed by atoms with E-state index in [1.54, 1.807) is 39.9 Å². The molecule has 1 spiro atoms. The van der Waals surface area contributed by atoms with Gasteiger partial charge in [0.25, 0.3) is 0 Å². The van der Waals surface area contributed by atoms with E-state index in [2.05, 4.69) is 0 Å². The van der Waals surface area contributed by atoms with Gasteiger partial charge in [0.2, 0.25) is 15.9 Å². The van der Waals surface area contributed by atoms with Gasteiger partial charge in [0.15, 0.2) is 0 Å². The summed E-state index contributed by atoms with van der Waals surface area (Å²) >= 11 is 0. The number of rotatable bonds is 3. The van der Waals surface area contributed by atoms with Crippen molar-refractivity contribution in [2.45, 2.75) is 30.6 Å². The van der Waals surface area contributed by atoms with Gasteiger partial charge in [-0.2, -0.15) is 4.31 Å². The van der Waals surface area contributed by atoms with Crippen molar-refractivity contribution in [1.29, 1.82) is 0 Å². The molecular weight excluding hydrogens is 364 g/mol. The van der Waals surface area contributed by atoms with Crippen LogP contribution < -0.4 is 0 Å². The number of nitrogens with zero attached hydrogens (tertiary/aromatic N) is 2. The zero-order valence-electron chi connectivity index (χ0n) is 15.4. The van der Waals surface area contributed by atoms with E-state index in [0.717, 1.165) is 30.4 Å². The molecule has 7 heteroatoms. The van der Waals surface area contributed by atoms with Crippen LogP contribution in [-0.2, 0) is 14.8 Å². The normalized spacial score (nSPS) is 24.5. The first-order valence-corrected chi connectivity index (χ1v) is 10.7. The third kappa shape index (κ3) is 3.41. The van der Waals surface area contributed by atoms with Gasteiger partial charge in [0.05, 0.1) is 17.4 Å². The van der Waals surface area contributed by atoms with Gasteiger partial charge in [-0.25, -0.2) is 8.42 Å². The molecule has 2 aliphatic rings. The summed E-state index contributed by atoms with van der Waals surface area (Å²) in [6, 6.07) is 8.82. The van der Waals surface area contributed by atoms with Crippen LogP contribution >= 0.6 is 0 Å². The summed E-state index contributed by atoms with van der Waals surface area (Å²) in [6.07, 6.45) is 6.23. The average molecular weight is 388 g/mol. The Hall–Kier alpha value is -2.12. The zero-order chi connectivity index (χ0) is 19.1. The van der Waals surface area contributed by atoms with Crippen LogP contribution in [0, 0.1) is 5.41 Å². The van der Waals surface area contributed by atoms with Gasteiger partial charge in [0, 0.05) is 44.1 Å². The molecule has 1 amide bonds. The summed E-state index contributed by atoms with van der Waals surface area (Å²) in [5.41, 5.74) is 1.55. The molecule has 1 atom stereocenters. The van der Waals surface area contributed by atoms with Gasteiger partial charge < -0.3 is 9.32 Å². The fourth-order valence-corrected chi connectivity index (χ4v) is 5.99. The summed E-state index contributed by atoms with van der Waals surface area (Å²) in [5, 5.41) is 0. The monoisotopic (exact) mass is 388 g/mol. The van der Waals surface area contributed by atoms with Crippen LogP contribution in [0.3, 0.4) is 0 Å². The second-order valence-corrected chi connectivity index (χ2v) is 9.67. The molecule has 4 rings (SSSR count). The Labute approximate surface area is 159 Å². The number of carbonyl (C=O) groups excluding carboxylic acids is 1. The van der Waals surface area contributed by atoms with Gasteiger partial charge in [-0.05, 0) is 43.0 Å². The van der Waals surface area contributed by atoms with E-state index < -0.39 is 10.0 Å². The second kappa shape index (κ2) is 6.80. The number of hydrogen-bond acceptors (Lipinski definition) is 4. The number of likely N-dealkylation sites (tertiary alicyclic amines) is 1. The Bertz CT molecular complexity index is 939. The van der Waals surface area contributed by atoms with E-state index in [9.17, 15) is 13.2 Å². The van der Waals surface area contributed by atoms with Crippen LogP contribution in [0.4, 0.5) is 0 Å². The summed E-state index contributed by atoms with van der Waals surface area (Å²) in [5.74, 6) is 0.147. The van der Waals surface area contributed by atoms with Crippen LogP contribution in [0.5, 0.6) is 0 Å². The lowest BCUT2D eigenvalue weighted by atomic mass is 9.74. The molecule has 0 aliphatic carbocycles. The molecule has 0 N–H and O–H groups in total. The smallest absolute Gasteiger partial charge is 0.243 e. The number of piperidine rings is 2. The lowest BCUT2D eigenvalue weighted by molar-refractivity contribution is -0.136. The van der Waals surface area contributed by atoms with Crippen LogP contribution in [0.25, 0.3) is 11.1 Å². The highest BCUT2D eigenvalue weighted by atomic mass is 32.2. The van der Waals surface area contributed by atoms with Crippen LogP contribution in [0.15, 0.2) is 52.2 Å². The van der Waals surface area contributed by atoms with Crippen molar-refractivity contribution in [3.8, 4) is 11.1 Å². The third-order valence-corrected chi connectivity index (χ3v) is 7.66. The first-order valence-electron chi connectivity index (χ1n) is 9.26. The van der Waals surface area contributed by atoms with Gasteiger partial charge in [-0.1, -0.05) is 12.1 Å². The van der Waals surface area contributed by atoms with E-state index in [4.69, 9.17) is 4.42 Å². The Morgan fingerprint density at radius 3 is 2.70 bits per heavy atom. The van der Waals surface area contributed by atoms with Crippen molar-refractivity contribution >= 4 is 15.9 Å². The first-order chi connectivity index (χ1) is 12.9. The molecule has 3 heterocycles. The SMILES string of the molecule is CN1CC2(CCCN(S(=O)(=O)c3cccc(-c4ccoc4)c3)C2)CCC1=O. The zero-order valence-corrected chi connectivity index (χ0v) is 16.2.